The third-order valence-corrected chi connectivity index (χ3v) is 5.50. The molecule has 4 amide bonds. The number of nitrogens with zero attached hydrogens (tertiary/aromatic N) is 1. The molecule has 2 aromatic carbocycles. The molecule has 8 nitrogen and oxygen atoms in total. The summed E-state index contributed by atoms with van der Waals surface area (Å²) in [7, 11) is 1.50. The molecule has 10 heteroatoms. The van der Waals surface area contributed by atoms with Crippen molar-refractivity contribution in [2.45, 2.75) is 33.2 Å². The van der Waals surface area contributed by atoms with Crippen molar-refractivity contribution in [2.75, 3.05) is 20.3 Å². The topological polar surface area (TPSA) is 94.2 Å². The van der Waals surface area contributed by atoms with Gasteiger partial charge >= 0.3 is 6.03 Å². The van der Waals surface area contributed by atoms with E-state index in [4.69, 9.17) is 37.4 Å². The third kappa shape index (κ3) is 6.26. The van der Waals surface area contributed by atoms with E-state index in [-0.39, 0.29) is 17.1 Å². The number of hydrogen-bond acceptors (Lipinski definition) is 6. The molecule has 186 valence electrons. The average Bonchev–Trinajstić information content (AvgIpc) is 2.82. The van der Waals surface area contributed by atoms with E-state index >= 15 is 0 Å². The number of hydrogen-bond donors (Lipinski definition) is 1. The summed E-state index contributed by atoms with van der Waals surface area (Å²) in [6, 6.07) is 7.33. The molecule has 35 heavy (non-hydrogen) atoms. The summed E-state index contributed by atoms with van der Waals surface area (Å²) in [6.45, 7) is 4.73. The van der Waals surface area contributed by atoms with Crippen LogP contribution in [0.25, 0.3) is 6.08 Å². The lowest BCUT2D eigenvalue weighted by Gasteiger charge is -2.27. The zero-order valence-corrected chi connectivity index (χ0v) is 21.2. The number of carbonyl (C=O) groups is 3. The average molecular weight is 521 g/mol. The van der Waals surface area contributed by atoms with E-state index in [2.05, 4.69) is 5.32 Å². The lowest BCUT2D eigenvalue weighted by Crippen LogP contribution is -2.53. The number of urea groups is 1. The molecule has 3 rings (SSSR count). The van der Waals surface area contributed by atoms with Crippen LogP contribution in [-0.4, -0.2) is 43.1 Å². The molecule has 1 N–H and O–H groups in total. The summed E-state index contributed by atoms with van der Waals surface area (Å²) in [5, 5.41) is 2.75. The molecule has 1 heterocycles. The monoisotopic (exact) mass is 520 g/mol. The van der Waals surface area contributed by atoms with Crippen molar-refractivity contribution in [1.29, 1.82) is 0 Å². The predicted molar refractivity (Wildman–Crippen MR) is 133 cm³/mol. The first-order chi connectivity index (χ1) is 16.8. The molecule has 1 aliphatic heterocycles. The Hall–Kier alpha value is -3.23. The van der Waals surface area contributed by atoms with Crippen LogP contribution in [0.3, 0.4) is 0 Å². The van der Waals surface area contributed by atoms with Gasteiger partial charge in [-0.05, 0) is 48.7 Å². The van der Waals surface area contributed by atoms with E-state index in [1.807, 2.05) is 13.8 Å². The molecule has 0 saturated carbocycles. The lowest BCUT2D eigenvalue weighted by molar-refractivity contribution is -0.130. The normalized spacial score (nSPS) is 14.8. The number of benzene rings is 2. The first-order valence-corrected chi connectivity index (χ1v) is 11.8. The Morgan fingerprint density at radius 3 is 2.37 bits per heavy atom. The molecule has 0 aliphatic carbocycles. The van der Waals surface area contributed by atoms with E-state index in [0.717, 1.165) is 17.7 Å². The molecule has 1 aliphatic rings. The van der Waals surface area contributed by atoms with Gasteiger partial charge in [-0.1, -0.05) is 43.1 Å². The van der Waals surface area contributed by atoms with Crippen molar-refractivity contribution in [3.63, 3.8) is 0 Å². The van der Waals surface area contributed by atoms with Crippen LogP contribution in [0, 0.1) is 0 Å². The molecule has 1 fully saturated rings. The highest BCUT2D eigenvalue weighted by Crippen LogP contribution is 2.35. The van der Waals surface area contributed by atoms with Crippen LogP contribution in [-0.2, 0) is 16.1 Å². The van der Waals surface area contributed by atoms with Crippen LogP contribution in [0.5, 0.6) is 17.2 Å². The fourth-order valence-corrected chi connectivity index (χ4v) is 3.92. The molecule has 0 bridgehead atoms. The van der Waals surface area contributed by atoms with Gasteiger partial charge in [0.2, 0.25) is 0 Å². The molecular formula is C25H26Cl2N2O6. The van der Waals surface area contributed by atoms with E-state index in [0.29, 0.717) is 46.6 Å². The summed E-state index contributed by atoms with van der Waals surface area (Å²) in [6.07, 6.45) is 2.88. The van der Waals surface area contributed by atoms with Crippen LogP contribution >= 0.6 is 23.2 Å². The Labute approximate surface area is 213 Å². The van der Waals surface area contributed by atoms with E-state index < -0.39 is 17.8 Å². The Bertz CT molecular complexity index is 1160. The molecule has 1 saturated heterocycles. The van der Waals surface area contributed by atoms with Gasteiger partial charge in [0.25, 0.3) is 11.8 Å². The third-order valence-electron chi connectivity index (χ3n) is 5.00. The second kappa shape index (κ2) is 12.0. The maximum atomic E-state index is 13.2. The first kappa shape index (κ1) is 26.4. The second-order valence-electron chi connectivity index (χ2n) is 7.70. The number of barbiturate groups is 1. The van der Waals surface area contributed by atoms with Gasteiger partial charge in [-0.25, -0.2) is 4.79 Å². The van der Waals surface area contributed by atoms with Crippen molar-refractivity contribution >= 4 is 47.1 Å². The van der Waals surface area contributed by atoms with Gasteiger partial charge in [0, 0.05) is 10.6 Å². The zero-order chi connectivity index (χ0) is 25.5. The standard InChI is InChI=1S/C25H26Cl2N2O6/c1-4-8-34-20-7-6-15(10-21(20)33-3)14-29-24(31)18(23(30)28-25(29)32)12-16-11-17(26)13-19(27)22(16)35-9-5-2/h6-7,10-13H,4-5,8-9,14H2,1-3H3,(H,28,30,32)/b18-12+. The number of ether oxygens (including phenoxy) is 3. The summed E-state index contributed by atoms with van der Waals surface area (Å²) < 4.78 is 16.7. The predicted octanol–water partition coefficient (Wildman–Crippen LogP) is 5.24. The molecule has 0 spiro atoms. The Morgan fingerprint density at radius 2 is 1.69 bits per heavy atom. The zero-order valence-electron chi connectivity index (χ0n) is 19.7. The number of nitrogens with one attached hydrogen (secondary N) is 1. The number of amides is 4. The largest absolute Gasteiger partial charge is 0.493 e. The van der Waals surface area contributed by atoms with Gasteiger partial charge in [0.05, 0.1) is 31.9 Å². The Balaban J connectivity index is 1.93. The van der Waals surface area contributed by atoms with Crippen molar-refractivity contribution < 1.29 is 28.6 Å². The molecule has 0 radical (unpaired) electrons. The minimum atomic E-state index is -0.825. The van der Waals surface area contributed by atoms with Gasteiger partial charge in [0.15, 0.2) is 11.5 Å². The molecule has 2 aromatic rings. The summed E-state index contributed by atoms with van der Waals surface area (Å²) in [5.74, 6) is -0.266. The smallest absolute Gasteiger partial charge is 0.331 e. The number of rotatable bonds is 10. The number of methoxy groups -OCH3 is 1. The molecular weight excluding hydrogens is 495 g/mol. The molecule has 0 atom stereocenters. The molecule has 0 unspecified atom stereocenters. The number of imide groups is 2. The fourth-order valence-electron chi connectivity index (χ4n) is 3.36. The Morgan fingerprint density at radius 1 is 0.971 bits per heavy atom. The highest BCUT2D eigenvalue weighted by atomic mass is 35.5. The van der Waals surface area contributed by atoms with Crippen molar-refractivity contribution in [3.05, 3.63) is 57.1 Å². The highest BCUT2D eigenvalue weighted by molar-refractivity contribution is 6.36. The maximum absolute atomic E-state index is 13.2. The van der Waals surface area contributed by atoms with Gasteiger partial charge in [-0.15, -0.1) is 0 Å². The van der Waals surface area contributed by atoms with Crippen molar-refractivity contribution in [1.82, 2.24) is 10.2 Å². The van der Waals surface area contributed by atoms with Crippen LogP contribution in [0.2, 0.25) is 10.0 Å². The minimum absolute atomic E-state index is 0.0881. The van der Waals surface area contributed by atoms with Gasteiger partial charge in [-0.3, -0.25) is 19.8 Å². The van der Waals surface area contributed by atoms with Gasteiger partial charge in [-0.2, -0.15) is 0 Å². The lowest BCUT2D eigenvalue weighted by atomic mass is 10.1. The van der Waals surface area contributed by atoms with Crippen LogP contribution in [0.4, 0.5) is 4.79 Å². The second-order valence-corrected chi connectivity index (χ2v) is 8.54. The van der Waals surface area contributed by atoms with Crippen LogP contribution in [0.15, 0.2) is 35.9 Å². The highest BCUT2D eigenvalue weighted by Gasteiger charge is 2.36. The summed E-state index contributed by atoms with van der Waals surface area (Å²) in [5.41, 5.74) is 0.711. The van der Waals surface area contributed by atoms with Crippen LogP contribution < -0.4 is 19.5 Å². The van der Waals surface area contributed by atoms with Crippen LogP contribution in [0.1, 0.15) is 37.8 Å². The summed E-state index contributed by atoms with van der Waals surface area (Å²) in [4.78, 5) is 39.3. The van der Waals surface area contributed by atoms with Crippen molar-refractivity contribution in [3.8, 4) is 17.2 Å². The quantitative estimate of drug-likeness (QED) is 0.340. The minimum Gasteiger partial charge on any atom is -0.493 e. The van der Waals surface area contributed by atoms with E-state index in [9.17, 15) is 14.4 Å². The van der Waals surface area contributed by atoms with Crippen molar-refractivity contribution in [2.24, 2.45) is 0 Å². The molecule has 0 aromatic heterocycles. The number of halogens is 2. The first-order valence-electron chi connectivity index (χ1n) is 11.1. The van der Waals surface area contributed by atoms with E-state index in [1.54, 1.807) is 18.2 Å². The fraction of sp³-hybridized carbons (Fsp3) is 0.320. The summed E-state index contributed by atoms with van der Waals surface area (Å²) >= 11 is 12.4. The van der Waals surface area contributed by atoms with Gasteiger partial charge in [0.1, 0.15) is 11.3 Å². The van der Waals surface area contributed by atoms with Gasteiger partial charge < -0.3 is 14.2 Å². The van der Waals surface area contributed by atoms with E-state index in [1.165, 1.54) is 25.3 Å². The number of carbonyl (C=O) groups excluding carboxylic acids is 3. The Kier molecular flexibility index (Phi) is 9.01. The SMILES string of the molecule is CCCOc1ccc(CN2C(=O)NC(=O)/C(=C\c3cc(Cl)cc(Cl)c3OCCC)C2=O)cc1OC. The maximum Gasteiger partial charge on any atom is 0.331 e.